The lowest BCUT2D eigenvalue weighted by molar-refractivity contribution is -0.119. The Labute approximate surface area is 173 Å². The van der Waals surface area contributed by atoms with Gasteiger partial charge in [0.2, 0.25) is 0 Å². The van der Waals surface area contributed by atoms with Gasteiger partial charge in [-0.3, -0.25) is 10.1 Å². The lowest BCUT2D eigenvalue weighted by atomic mass is 10.2. The second-order valence-corrected chi connectivity index (χ2v) is 7.22. The molecule has 1 aromatic carbocycles. The molecule has 27 heavy (non-hydrogen) atoms. The number of pyridine rings is 1. The van der Waals surface area contributed by atoms with E-state index in [4.69, 9.17) is 39.5 Å². The summed E-state index contributed by atoms with van der Waals surface area (Å²) in [5, 5.41) is 5.72. The van der Waals surface area contributed by atoms with E-state index in [1.54, 1.807) is 23.6 Å². The zero-order chi connectivity index (χ0) is 19.4. The number of hydrogen-bond acceptors (Lipinski definition) is 6. The Morgan fingerprint density at radius 3 is 2.67 bits per heavy atom. The van der Waals surface area contributed by atoms with Gasteiger partial charge in [-0.2, -0.15) is 0 Å². The summed E-state index contributed by atoms with van der Waals surface area (Å²) in [5.41, 5.74) is 1.61. The number of rotatable bonds is 5. The highest BCUT2D eigenvalue weighted by Gasteiger charge is 2.13. The van der Waals surface area contributed by atoms with E-state index < -0.39 is 18.5 Å². The summed E-state index contributed by atoms with van der Waals surface area (Å²) in [7, 11) is 0. The highest BCUT2D eigenvalue weighted by atomic mass is 35.5. The predicted octanol–water partition coefficient (Wildman–Crippen LogP) is 4.96. The number of ether oxygens (including phenoxy) is 1. The zero-order valence-corrected chi connectivity index (χ0v) is 16.5. The van der Waals surface area contributed by atoms with Crippen LogP contribution in [0.1, 0.15) is 10.4 Å². The number of amides is 1. The molecule has 138 valence electrons. The van der Waals surface area contributed by atoms with E-state index in [9.17, 15) is 9.59 Å². The molecule has 0 bridgehead atoms. The number of esters is 1. The predicted molar refractivity (Wildman–Crippen MR) is 106 cm³/mol. The lowest BCUT2D eigenvalue weighted by Crippen LogP contribution is -2.20. The van der Waals surface area contributed by atoms with Crippen LogP contribution in [0.5, 0.6) is 0 Å². The lowest BCUT2D eigenvalue weighted by Gasteiger charge is -2.05. The Hall–Kier alpha value is -2.19. The molecule has 0 radical (unpaired) electrons. The van der Waals surface area contributed by atoms with E-state index in [0.717, 1.165) is 5.56 Å². The molecule has 3 aromatic rings. The Morgan fingerprint density at radius 2 is 1.93 bits per heavy atom. The summed E-state index contributed by atoms with van der Waals surface area (Å²) >= 11 is 18.8. The van der Waals surface area contributed by atoms with E-state index in [2.05, 4.69) is 15.3 Å². The maximum atomic E-state index is 12.0. The molecule has 0 unspecified atom stereocenters. The monoisotopic (exact) mass is 441 g/mol. The first-order chi connectivity index (χ1) is 12.9. The molecule has 10 heteroatoms. The number of aromatic nitrogens is 2. The number of nitrogens with one attached hydrogen (secondary N) is 1. The second-order valence-electron chi connectivity index (χ2n) is 5.16. The van der Waals surface area contributed by atoms with Gasteiger partial charge < -0.3 is 4.74 Å². The molecular weight excluding hydrogens is 433 g/mol. The average molecular weight is 443 g/mol. The fourth-order valence-corrected chi connectivity index (χ4v) is 3.23. The Kier molecular flexibility index (Phi) is 6.28. The van der Waals surface area contributed by atoms with Crippen molar-refractivity contribution < 1.29 is 14.3 Å². The summed E-state index contributed by atoms with van der Waals surface area (Å²) in [6.07, 6.45) is 1.37. The van der Waals surface area contributed by atoms with Crippen LogP contribution in [0.15, 0.2) is 41.9 Å². The highest BCUT2D eigenvalue weighted by Crippen LogP contribution is 2.30. The van der Waals surface area contributed by atoms with Crippen LogP contribution in [0, 0.1) is 0 Å². The van der Waals surface area contributed by atoms with E-state index in [1.165, 1.54) is 29.7 Å². The number of nitrogens with zero attached hydrogens (tertiary/aromatic N) is 2. The van der Waals surface area contributed by atoms with Gasteiger partial charge >= 0.3 is 5.97 Å². The van der Waals surface area contributed by atoms with Crippen molar-refractivity contribution in [2.24, 2.45) is 0 Å². The fourth-order valence-electron chi connectivity index (χ4n) is 2.02. The van der Waals surface area contributed by atoms with Gasteiger partial charge in [0.05, 0.1) is 21.3 Å². The van der Waals surface area contributed by atoms with E-state index in [-0.39, 0.29) is 10.7 Å². The molecule has 0 saturated carbocycles. The number of benzene rings is 1. The first-order valence-electron chi connectivity index (χ1n) is 7.42. The van der Waals surface area contributed by atoms with Crippen molar-refractivity contribution in [1.82, 2.24) is 9.97 Å². The van der Waals surface area contributed by atoms with Gasteiger partial charge in [0.25, 0.3) is 5.91 Å². The van der Waals surface area contributed by atoms with Crippen LogP contribution in [0.2, 0.25) is 15.2 Å². The molecule has 1 N–H and O–H groups in total. The Bertz CT molecular complexity index is 1010. The molecule has 0 saturated heterocycles. The molecule has 0 aliphatic carbocycles. The second kappa shape index (κ2) is 8.67. The standard InChI is InChI=1S/C17H10Cl3N3O3S/c18-11-2-1-9(5-12(11)19)13-8-27-17(22-13)23-15(24)7-26-16(25)10-3-4-21-14(20)6-10/h1-6,8H,7H2,(H,22,23,24). The molecule has 3 rings (SSSR count). The quantitative estimate of drug-likeness (QED) is 0.446. The van der Waals surface area contributed by atoms with Crippen LogP contribution in [0.25, 0.3) is 11.3 Å². The van der Waals surface area contributed by atoms with Crippen LogP contribution in [-0.2, 0) is 9.53 Å². The molecular formula is C17H10Cl3N3O3S. The molecule has 0 spiro atoms. The van der Waals surface area contributed by atoms with E-state index >= 15 is 0 Å². The largest absolute Gasteiger partial charge is 0.452 e. The van der Waals surface area contributed by atoms with E-state index in [1.807, 2.05) is 0 Å². The molecule has 1 amide bonds. The van der Waals surface area contributed by atoms with E-state index in [0.29, 0.717) is 20.9 Å². The summed E-state index contributed by atoms with van der Waals surface area (Å²) in [4.78, 5) is 31.9. The van der Waals surface area contributed by atoms with Gasteiger partial charge in [-0.1, -0.05) is 40.9 Å². The van der Waals surface area contributed by atoms with Crippen LogP contribution in [0.4, 0.5) is 5.13 Å². The Balaban J connectivity index is 1.57. The average Bonchev–Trinajstić information content (AvgIpc) is 3.10. The first-order valence-corrected chi connectivity index (χ1v) is 9.43. The van der Waals surface area contributed by atoms with Crippen molar-refractivity contribution in [1.29, 1.82) is 0 Å². The first kappa shape index (κ1) is 19.6. The van der Waals surface area contributed by atoms with Crippen LogP contribution >= 0.6 is 46.1 Å². The number of halogens is 3. The topological polar surface area (TPSA) is 81.2 Å². The van der Waals surface area contributed by atoms with Crippen molar-refractivity contribution in [3.8, 4) is 11.3 Å². The van der Waals surface area contributed by atoms with Gasteiger partial charge in [-0.15, -0.1) is 11.3 Å². The maximum Gasteiger partial charge on any atom is 0.338 e. The van der Waals surface area contributed by atoms with Crippen molar-refractivity contribution in [3.63, 3.8) is 0 Å². The molecule has 0 fully saturated rings. The number of hydrogen-bond donors (Lipinski definition) is 1. The molecule has 0 aliphatic rings. The number of thiazole rings is 1. The number of carbonyl (C=O) groups is 2. The van der Waals surface area contributed by atoms with Gasteiger partial charge in [-0.25, -0.2) is 14.8 Å². The van der Waals surface area contributed by atoms with Gasteiger partial charge in [0.15, 0.2) is 11.7 Å². The molecule has 0 aliphatic heterocycles. The van der Waals surface area contributed by atoms with Crippen molar-refractivity contribution >= 4 is 63.1 Å². The molecule has 6 nitrogen and oxygen atoms in total. The van der Waals surface area contributed by atoms with Gasteiger partial charge in [0, 0.05) is 17.1 Å². The van der Waals surface area contributed by atoms with Crippen LogP contribution < -0.4 is 5.32 Å². The minimum Gasteiger partial charge on any atom is -0.452 e. The normalized spacial score (nSPS) is 10.5. The smallest absolute Gasteiger partial charge is 0.338 e. The summed E-state index contributed by atoms with van der Waals surface area (Å²) in [5.74, 6) is -1.19. The molecule has 0 atom stereocenters. The third-order valence-electron chi connectivity index (χ3n) is 3.26. The third-order valence-corrected chi connectivity index (χ3v) is 4.97. The van der Waals surface area contributed by atoms with Crippen molar-refractivity contribution in [2.45, 2.75) is 0 Å². The number of carbonyl (C=O) groups excluding carboxylic acids is 2. The fraction of sp³-hybridized carbons (Fsp3) is 0.0588. The van der Waals surface area contributed by atoms with Gasteiger partial charge in [-0.05, 0) is 24.3 Å². The van der Waals surface area contributed by atoms with Crippen molar-refractivity contribution in [2.75, 3.05) is 11.9 Å². The minimum absolute atomic E-state index is 0.159. The summed E-state index contributed by atoms with van der Waals surface area (Å²) < 4.78 is 4.94. The van der Waals surface area contributed by atoms with Crippen molar-refractivity contribution in [3.05, 3.63) is 62.7 Å². The molecule has 2 heterocycles. The SMILES string of the molecule is O=C(COC(=O)c1ccnc(Cl)c1)Nc1nc(-c2ccc(Cl)c(Cl)c2)cs1. The van der Waals surface area contributed by atoms with Gasteiger partial charge in [0.1, 0.15) is 5.15 Å². The van der Waals surface area contributed by atoms with Crippen LogP contribution in [-0.4, -0.2) is 28.5 Å². The summed E-state index contributed by atoms with van der Waals surface area (Å²) in [6.45, 7) is -0.458. The van der Waals surface area contributed by atoms with Crippen LogP contribution in [0.3, 0.4) is 0 Å². The highest BCUT2D eigenvalue weighted by molar-refractivity contribution is 7.14. The minimum atomic E-state index is -0.676. The third kappa shape index (κ3) is 5.17. The summed E-state index contributed by atoms with van der Waals surface area (Å²) in [6, 6.07) is 7.92. The Morgan fingerprint density at radius 1 is 1.11 bits per heavy atom. The number of anilines is 1. The zero-order valence-electron chi connectivity index (χ0n) is 13.4. The maximum absolute atomic E-state index is 12.0. The molecule has 2 aromatic heterocycles.